The highest BCUT2D eigenvalue weighted by Crippen LogP contribution is 2.25. The predicted octanol–water partition coefficient (Wildman–Crippen LogP) is 3.88. The first-order valence-corrected chi connectivity index (χ1v) is 5.81. The first-order chi connectivity index (χ1) is 8.20. The van der Waals surface area contributed by atoms with Crippen molar-refractivity contribution in [3.8, 4) is 17.0 Å². The number of aromatic nitrogens is 1. The lowest BCUT2D eigenvalue weighted by Crippen LogP contribution is -1.90. The van der Waals surface area contributed by atoms with Crippen molar-refractivity contribution in [1.82, 2.24) is 4.98 Å². The van der Waals surface area contributed by atoms with Gasteiger partial charge in [0.1, 0.15) is 0 Å². The SMILES string of the molecule is COc1cc(-c2cccc(C(C)C)c2)ccn1. The lowest BCUT2D eigenvalue weighted by molar-refractivity contribution is 0.398. The number of methoxy groups -OCH3 is 1. The zero-order valence-corrected chi connectivity index (χ0v) is 10.5. The van der Waals surface area contributed by atoms with Gasteiger partial charge in [0.2, 0.25) is 5.88 Å². The number of nitrogens with zero attached hydrogens (tertiary/aromatic N) is 1. The average molecular weight is 227 g/mol. The van der Waals surface area contributed by atoms with E-state index < -0.39 is 0 Å². The molecule has 2 rings (SSSR count). The van der Waals surface area contributed by atoms with Crippen LogP contribution >= 0.6 is 0 Å². The zero-order valence-electron chi connectivity index (χ0n) is 10.5. The standard InChI is InChI=1S/C15H17NO/c1-11(2)12-5-4-6-13(9-12)14-7-8-16-15(10-14)17-3/h4-11H,1-3H3. The molecule has 0 unspecified atom stereocenters. The van der Waals surface area contributed by atoms with Crippen molar-refractivity contribution >= 4 is 0 Å². The van der Waals surface area contributed by atoms with E-state index in [1.54, 1.807) is 13.3 Å². The topological polar surface area (TPSA) is 22.1 Å². The van der Waals surface area contributed by atoms with E-state index >= 15 is 0 Å². The molecule has 1 aromatic carbocycles. The molecule has 0 saturated heterocycles. The van der Waals surface area contributed by atoms with Gasteiger partial charge in [-0.05, 0) is 28.7 Å². The van der Waals surface area contributed by atoms with Gasteiger partial charge in [0, 0.05) is 12.3 Å². The van der Waals surface area contributed by atoms with Gasteiger partial charge in [-0.1, -0.05) is 38.1 Å². The molecule has 2 heteroatoms. The van der Waals surface area contributed by atoms with Crippen molar-refractivity contribution in [2.24, 2.45) is 0 Å². The molecular formula is C15H17NO. The van der Waals surface area contributed by atoms with Crippen LogP contribution in [0.25, 0.3) is 11.1 Å². The van der Waals surface area contributed by atoms with E-state index in [2.05, 4.69) is 43.1 Å². The zero-order chi connectivity index (χ0) is 12.3. The van der Waals surface area contributed by atoms with Crippen LogP contribution in [0.15, 0.2) is 42.6 Å². The fourth-order valence-electron chi connectivity index (χ4n) is 1.78. The fourth-order valence-corrected chi connectivity index (χ4v) is 1.78. The Kier molecular flexibility index (Phi) is 3.43. The summed E-state index contributed by atoms with van der Waals surface area (Å²) in [6.45, 7) is 4.40. The molecule has 0 N–H and O–H groups in total. The highest BCUT2D eigenvalue weighted by molar-refractivity contribution is 5.65. The Bertz CT molecular complexity index is 506. The van der Waals surface area contributed by atoms with Gasteiger partial charge < -0.3 is 4.74 Å². The lowest BCUT2D eigenvalue weighted by atomic mass is 9.98. The van der Waals surface area contributed by atoms with Gasteiger partial charge in [-0.15, -0.1) is 0 Å². The molecule has 0 saturated carbocycles. The van der Waals surface area contributed by atoms with E-state index in [1.165, 1.54) is 11.1 Å². The Hall–Kier alpha value is -1.83. The number of benzene rings is 1. The molecule has 0 aliphatic heterocycles. The molecule has 1 heterocycles. The normalized spacial score (nSPS) is 10.6. The number of hydrogen-bond donors (Lipinski definition) is 0. The monoisotopic (exact) mass is 227 g/mol. The Morgan fingerprint density at radius 3 is 2.53 bits per heavy atom. The molecule has 17 heavy (non-hydrogen) atoms. The molecule has 0 bridgehead atoms. The van der Waals surface area contributed by atoms with Gasteiger partial charge in [-0.3, -0.25) is 0 Å². The summed E-state index contributed by atoms with van der Waals surface area (Å²) in [5.74, 6) is 1.19. The summed E-state index contributed by atoms with van der Waals surface area (Å²) in [6.07, 6.45) is 1.77. The first-order valence-electron chi connectivity index (χ1n) is 5.81. The fraction of sp³-hybridized carbons (Fsp3) is 0.267. The van der Waals surface area contributed by atoms with Crippen LogP contribution in [0.3, 0.4) is 0 Å². The van der Waals surface area contributed by atoms with Crippen LogP contribution < -0.4 is 4.74 Å². The summed E-state index contributed by atoms with van der Waals surface area (Å²) < 4.78 is 5.14. The minimum absolute atomic E-state index is 0.540. The van der Waals surface area contributed by atoms with E-state index in [9.17, 15) is 0 Å². The van der Waals surface area contributed by atoms with Crippen LogP contribution in [0.2, 0.25) is 0 Å². The van der Waals surface area contributed by atoms with Crippen LogP contribution in [0, 0.1) is 0 Å². The van der Waals surface area contributed by atoms with Crippen molar-refractivity contribution < 1.29 is 4.74 Å². The third kappa shape index (κ3) is 2.64. The van der Waals surface area contributed by atoms with Gasteiger partial charge in [0.05, 0.1) is 7.11 Å². The third-order valence-electron chi connectivity index (χ3n) is 2.83. The number of rotatable bonds is 3. The molecule has 2 nitrogen and oxygen atoms in total. The lowest BCUT2D eigenvalue weighted by Gasteiger charge is -2.08. The Labute approximate surface area is 102 Å². The second-order valence-corrected chi connectivity index (χ2v) is 4.37. The molecule has 88 valence electrons. The number of ether oxygens (including phenoxy) is 1. The van der Waals surface area contributed by atoms with Crippen molar-refractivity contribution in [3.05, 3.63) is 48.2 Å². The molecule has 0 amide bonds. The van der Waals surface area contributed by atoms with Crippen LogP contribution in [0.5, 0.6) is 5.88 Å². The third-order valence-corrected chi connectivity index (χ3v) is 2.83. The van der Waals surface area contributed by atoms with E-state index in [0.717, 1.165) is 5.56 Å². The Balaban J connectivity index is 2.41. The van der Waals surface area contributed by atoms with Crippen LogP contribution in [-0.2, 0) is 0 Å². The Morgan fingerprint density at radius 1 is 1.06 bits per heavy atom. The summed E-state index contributed by atoms with van der Waals surface area (Å²) in [7, 11) is 1.64. The molecule has 0 spiro atoms. The molecule has 0 fully saturated rings. The summed E-state index contributed by atoms with van der Waals surface area (Å²) in [5, 5.41) is 0. The molecule has 0 aliphatic carbocycles. The average Bonchev–Trinajstić information content (AvgIpc) is 2.39. The van der Waals surface area contributed by atoms with Gasteiger partial charge >= 0.3 is 0 Å². The van der Waals surface area contributed by atoms with E-state index in [-0.39, 0.29) is 0 Å². The van der Waals surface area contributed by atoms with Gasteiger partial charge in [0.25, 0.3) is 0 Å². The van der Waals surface area contributed by atoms with Crippen LogP contribution in [0.4, 0.5) is 0 Å². The minimum Gasteiger partial charge on any atom is -0.481 e. The summed E-state index contributed by atoms with van der Waals surface area (Å²) in [5.41, 5.74) is 3.69. The molecular weight excluding hydrogens is 210 g/mol. The minimum atomic E-state index is 0.540. The van der Waals surface area contributed by atoms with Crippen LogP contribution in [0.1, 0.15) is 25.3 Å². The second-order valence-electron chi connectivity index (χ2n) is 4.37. The smallest absolute Gasteiger partial charge is 0.213 e. The van der Waals surface area contributed by atoms with Gasteiger partial charge in [-0.25, -0.2) is 4.98 Å². The second kappa shape index (κ2) is 5.00. The molecule has 2 aromatic rings. The molecule has 1 aromatic heterocycles. The van der Waals surface area contributed by atoms with Gasteiger partial charge in [-0.2, -0.15) is 0 Å². The maximum Gasteiger partial charge on any atom is 0.213 e. The maximum absolute atomic E-state index is 5.14. The van der Waals surface area contributed by atoms with Crippen LogP contribution in [-0.4, -0.2) is 12.1 Å². The summed E-state index contributed by atoms with van der Waals surface area (Å²) >= 11 is 0. The quantitative estimate of drug-likeness (QED) is 0.793. The number of pyridine rings is 1. The summed E-state index contributed by atoms with van der Waals surface area (Å²) in [4.78, 5) is 4.12. The number of hydrogen-bond acceptors (Lipinski definition) is 2. The molecule has 0 aliphatic rings. The van der Waals surface area contributed by atoms with E-state index in [0.29, 0.717) is 11.8 Å². The van der Waals surface area contributed by atoms with Crippen molar-refractivity contribution in [3.63, 3.8) is 0 Å². The largest absolute Gasteiger partial charge is 0.481 e. The summed E-state index contributed by atoms with van der Waals surface area (Å²) in [6, 6.07) is 12.5. The highest BCUT2D eigenvalue weighted by Gasteiger charge is 2.03. The van der Waals surface area contributed by atoms with E-state index in [4.69, 9.17) is 4.74 Å². The Morgan fingerprint density at radius 2 is 1.82 bits per heavy atom. The first kappa shape index (κ1) is 11.6. The highest BCUT2D eigenvalue weighted by atomic mass is 16.5. The van der Waals surface area contributed by atoms with Crippen molar-refractivity contribution in [1.29, 1.82) is 0 Å². The van der Waals surface area contributed by atoms with E-state index in [1.807, 2.05) is 12.1 Å². The van der Waals surface area contributed by atoms with Crippen molar-refractivity contribution in [2.45, 2.75) is 19.8 Å². The predicted molar refractivity (Wildman–Crippen MR) is 70.3 cm³/mol. The van der Waals surface area contributed by atoms with Gasteiger partial charge in [0.15, 0.2) is 0 Å². The molecule has 0 radical (unpaired) electrons. The molecule has 0 atom stereocenters. The van der Waals surface area contributed by atoms with Crippen molar-refractivity contribution in [2.75, 3.05) is 7.11 Å². The maximum atomic E-state index is 5.14.